The van der Waals surface area contributed by atoms with Gasteiger partial charge in [-0.3, -0.25) is 4.79 Å². The average Bonchev–Trinajstić information content (AvgIpc) is 2.85. The molecule has 0 aliphatic heterocycles. The van der Waals surface area contributed by atoms with Gasteiger partial charge in [0.15, 0.2) is 0 Å². The van der Waals surface area contributed by atoms with E-state index in [-0.39, 0.29) is 18.3 Å². The Hall–Kier alpha value is -1.23. The van der Waals surface area contributed by atoms with Crippen LogP contribution in [0.15, 0.2) is 36.4 Å². The second-order valence-electron chi connectivity index (χ2n) is 4.55. The number of amides is 1. The van der Waals surface area contributed by atoms with Crippen LogP contribution in [-0.2, 0) is 17.6 Å². The van der Waals surface area contributed by atoms with E-state index in [4.69, 9.17) is 17.3 Å². The van der Waals surface area contributed by atoms with Crippen molar-refractivity contribution in [1.82, 2.24) is 5.32 Å². The van der Waals surface area contributed by atoms with Gasteiger partial charge >= 0.3 is 0 Å². The lowest BCUT2D eigenvalue weighted by atomic mass is 10.1. The molecule has 0 saturated heterocycles. The number of nitrogens with two attached hydrogens (primary N) is 1. The summed E-state index contributed by atoms with van der Waals surface area (Å²) in [5.41, 5.74) is 7.55. The number of carbonyl (C=O) groups is 1. The van der Waals surface area contributed by atoms with Gasteiger partial charge in [-0.05, 0) is 42.7 Å². The molecule has 3 nitrogen and oxygen atoms in total. The number of hydrogen-bond acceptors (Lipinski definition) is 3. The summed E-state index contributed by atoms with van der Waals surface area (Å²) in [6.45, 7) is 0.647. The van der Waals surface area contributed by atoms with E-state index in [1.54, 1.807) is 0 Å². The maximum atomic E-state index is 11.7. The van der Waals surface area contributed by atoms with E-state index in [9.17, 15) is 4.79 Å². The lowest BCUT2D eigenvalue weighted by Crippen LogP contribution is -2.25. The van der Waals surface area contributed by atoms with Gasteiger partial charge < -0.3 is 11.1 Å². The fourth-order valence-corrected chi connectivity index (χ4v) is 2.93. The van der Waals surface area contributed by atoms with Crippen LogP contribution < -0.4 is 11.1 Å². The van der Waals surface area contributed by atoms with Crippen molar-refractivity contribution in [2.45, 2.75) is 19.3 Å². The van der Waals surface area contributed by atoms with Crippen LogP contribution in [0.5, 0.6) is 0 Å². The first kappa shape index (κ1) is 17.8. The van der Waals surface area contributed by atoms with E-state index in [1.807, 2.05) is 36.4 Å². The molecule has 0 unspecified atom stereocenters. The van der Waals surface area contributed by atoms with E-state index in [0.29, 0.717) is 13.0 Å². The lowest BCUT2D eigenvalue weighted by molar-refractivity contribution is -0.121. The molecule has 0 saturated carbocycles. The zero-order valence-corrected chi connectivity index (χ0v) is 13.9. The fourth-order valence-electron chi connectivity index (χ4n) is 1.84. The van der Waals surface area contributed by atoms with E-state index in [0.717, 1.165) is 27.7 Å². The Bertz CT molecular complexity index is 569. The largest absolute Gasteiger partial charge is 0.399 e. The van der Waals surface area contributed by atoms with Crippen LogP contribution in [-0.4, -0.2) is 12.5 Å². The maximum Gasteiger partial charge on any atom is 0.220 e. The van der Waals surface area contributed by atoms with Crippen molar-refractivity contribution in [2.75, 3.05) is 12.3 Å². The minimum absolute atomic E-state index is 0. The van der Waals surface area contributed by atoms with E-state index in [2.05, 4.69) is 5.32 Å². The Labute approximate surface area is 139 Å². The Balaban J connectivity index is 0.00000220. The summed E-state index contributed by atoms with van der Waals surface area (Å²) in [5.74, 6) is 0.0740. The van der Waals surface area contributed by atoms with E-state index >= 15 is 0 Å². The summed E-state index contributed by atoms with van der Waals surface area (Å²) in [4.78, 5) is 12.9. The molecule has 0 atom stereocenters. The van der Waals surface area contributed by atoms with E-state index in [1.165, 1.54) is 16.9 Å². The fraction of sp³-hybridized carbons (Fsp3) is 0.267. The molecule has 1 amide bonds. The van der Waals surface area contributed by atoms with Crippen LogP contribution in [0.4, 0.5) is 5.69 Å². The average molecular weight is 345 g/mol. The molecule has 0 radical (unpaired) electrons. The quantitative estimate of drug-likeness (QED) is 0.785. The predicted molar refractivity (Wildman–Crippen MR) is 92.5 cm³/mol. The van der Waals surface area contributed by atoms with Gasteiger partial charge in [-0.25, -0.2) is 0 Å². The molecule has 2 rings (SSSR count). The molecule has 1 aromatic heterocycles. The van der Waals surface area contributed by atoms with Crippen molar-refractivity contribution in [3.63, 3.8) is 0 Å². The molecular formula is C15H18Cl2N2OS. The van der Waals surface area contributed by atoms with E-state index < -0.39 is 0 Å². The smallest absolute Gasteiger partial charge is 0.220 e. The van der Waals surface area contributed by atoms with Gasteiger partial charge in [-0.1, -0.05) is 23.7 Å². The van der Waals surface area contributed by atoms with Gasteiger partial charge in [0, 0.05) is 23.5 Å². The number of anilines is 1. The first-order valence-corrected chi connectivity index (χ1v) is 7.68. The van der Waals surface area contributed by atoms with Crippen LogP contribution in [0.2, 0.25) is 4.34 Å². The highest BCUT2D eigenvalue weighted by atomic mass is 35.5. The molecule has 0 fully saturated rings. The zero-order valence-electron chi connectivity index (χ0n) is 11.5. The van der Waals surface area contributed by atoms with Gasteiger partial charge in [-0.2, -0.15) is 0 Å². The number of hydrogen-bond donors (Lipinski definition) is 2. The second kappa shape index (κ2) is 8.93. The Morgan fingerprint density at radius 3 is 2.48 bits per heavy atom. The molecule has 6 heteroatoms. The molecule has 0 aliphatic carbocycles. The number of carbonyl (C=O) groups excluding carboxylic acids is 1. The number of benzene rings is 1. The van der Waals surface area contributed by atoms with Crippen molar-refractivity contribution in [3.8, 4) is 0 Å². The number of nitrogens with one attached hydrogen (secondary N) is 1. The van der Waals surface area contributed by atoms with Gasteiger partial charge in [-0.15, -0.1) is 23.7 Å². The first-order chi connectivity index (χ1) is 9.63. The molecule has 1 aromatic carbocycles. The normalized spacial score (nSPS) is 9.95. The Kier molecular flexibility index (Phi) is 7.57. The van der Waals surface area contributed by atoms with Crippen LogP contribution >= 0.6 is 35.3 Å². The number of halogens is 2. The molecule has 3 N–H and O–H groups in total. The highest BCUT2D eigenvalue weighted by Gasteiger charge is 2.04. The van der Waals surface area contributed by atoms with Crippen molar-refractivity contribution in [1.29, 1.82) is 0 Å². The van der Waals surface area contributed by atoms with Gasteiger partial charge in [0.2, 0.25) is 5.91 Å². The Morgan fingerprint density at radius 1 is 1.14 bits per heavy atom. The van der Waals surface area contributed by atoms with Crippen molar-refractivity contribution >= 4 is 46.9 Å². The standard InChI is InChI=1S/C15H17ClN2OS.ClH/c16-14-7-5-13(20-14)6-8-15(19)18-10-9-11-1-3-12(17)4-2-11;/h1-5,7H,6,8-10,17H2,(H,18,19);1H. The van der Waals surface area contributed by atoms with Crippen LogP contribution in [0, 0.1) is 0 Å². The second-order valence-corrected chi connectivity index (χ2v) is 6.35. The highest BCUT2D eigenvalue weighted by Crippen LogP contribution is 2.22. The van der Waals surface area contributed by atoms with Crippen LogP contribution in [0.3, 0.4) is 0 Å². The highest BCUT2D eigenvalue weighted by molar-refractivity contribution is 7.16. The van der Waals surface area contributed by atoms with Gasteiger partial charge in [0.05, 0.1) is 4.34 Å². The summed E-state index contributed by atoms with van der Waals surface area (Å²) in [6.07, 6.45) is 2.06. The third-order valence-electron chi connectivity index (χ3n) is 2.94. The topological polar surface area (TPSA) is 55.1 Å². The molecule has 0 bridgehead atoms. The van der Waals surface area contributed by atoms with Crippen LogP contribution in [0.1, 0.15) is 16.9 Å². The molecule has 21 heavy (non-hydrogen) atoms. The van der Waals surface area contributed by atoms with Gasteiger partial charge in [0.1, 0.15) is 0 Å². The summed E-state index contributed by atoms with van der Waals surface area (Å²) in [7, 11) is 0. The minimum atomic E-state index is 0. The summed E-state index contributed by atoms with van der Waals surface area (Å²) in [5, 5.41) is 2.92. The van der Waals surface area contributed by atoms with Crippen molar-refractivity contribution in [2.24, 2.45) is 0 Å². The lowest BCUT2D eigenvalue weighted by Gasteiger charge is -2.05. The predicted octanol–water partition coefficient (Wildman–Crippen LogP) is 3.70. The van der Waals surface area contributed by atoms with Gasteiger partial charge in [0.25, 0.3) is 0 Å². The van der Waals surface area contributed by atoms with Crippen molar-refractivity contribution in [3.05, 3.63) is 51.2 Å². The molecule has 0 spiro atoms. The molecule has 2 aromatic rings. The monoisotopic (exact) mass is 344 g/mol. The summed E-state index contributed by atoms with van der Waals surface area (Å²) < 4.78 is 0.767. The molecular weight excluding hydrogens is 327 g/mol. The molecule has 114 valence electrons. The summed E-state index contributed by atoms with van der Waals surface area (Å²) in [6, 6.07) is 11.5. The number of rotatable bonds is 6. The first-order valence-electron chi connectivity index (χ1n) is 6.49. The maximum absolute atomic E-state index is 11.7. The molecule has 1 heterocycles. The van der Waals surface area contributed by atoms with Crippen molar-refractivity contribution < 1.29 is 4.79 Å². The minimum Gasteiger partial charge on any atom is -0.399 e. The summed E-state index contributed by atoms with van der Waals surface area (Å²) >= 11 is 7.37. The number of aryl methyl sites for hydroxylation is 1. The number of thiophene rings is 1. The SMILES string of the molecule is Cl.Nc1ccc(CCNC(=O)CCc2ccc(Cl)s2)cc1. The van der Waals surface area contributed by atoms with Crippen LogP contribution in [0.25, 0.3) is 0 Å². The number of nitrogen functional groups attached to an aromatic ring is 1. The zero-order chi connectivity index (χ0) is 14.4. The third kappa shape index (κ3) is 6.38. The molecule has 0 aliphatic rings. The third-order valence-corrected chi connectivity index (χ3v) is 4.23. The Morgan fingerprint density at radius 2 is 1.86 bits per heavy atom.